The van der Waals surface area contributed by atoms with Crippen LogP contribution in [0.1, 0.15) is 15.9 Å². The zero-order chi connectivity index (χ0) is 14.7. The summed E-state index contributed by atoms with van der Waals surface area (Å²) in [5.41, 5.74) is 8.05. The number of methoxy groups -OCH3 is 1. The van der Waals surface area contributed by atoms with Crippen molar-refractivity contribution in [2.75, 3.05) is 18.2 Å². The highest BCUT2D eigenvalue weighted by molar-refractivity contribution is 6.30. The average molecular weight is 292 g/mol. The second-order valence-corrected chi connectivity index (χ2v) is 4.63. The van der Waals surface area contributed by atoms with Crippen molar-refractivity contribution < 1.29 is 9.53 Å². The van der Waals surface area contributed by atoms with E-state index < -0.39 is 5.97 Å². The monoisotopic (exact) mass is 291 g/mol. The summed E-state index contributed by atoms with van der Waals surface area (Å²) in [5.74, 6) is -0.297. The second kappa shape index (κ2) is 5.79. The standard InChI is InChI=1S/C14H14ClN3O2/c1-8-4-3-5-9(6-8)17-13-12(14(19)20-2)10(16)7-11(15)18-13/h3-7H,1-2H3,(H3,16,17,18). The number of hydrogen-bond donors (Lipinski definition) is 2. The Bertz CT molecular complexity index is 659. The summed E-state index contributed by atoms with van der Waals surface area (Å²) < 4.78 is 4.72. The first-order valence-corrected chi connectivity index (χ1v) is 6.27. The Morgan fingerprint density at radius 2 is 2.15 bits per heavy atom. The zero-order valence-corrected chi connectivity index (χ0v) is 11.9. The average Bonchev–Trinajstić information content (AvgIpc) is 2.37. The molecule has 3 N–H and O–H groups in total. The number of benzene rings is 1. The number of halogens is 1. The molecule has 0 atom stereocenters. The molecule has 0 aliphatic rings. The van der Waals surface area contributed by atoms with E-state index in [4.69, 9.17) is 22.1 Å². The number of anilines is 3. The Kier molecular flexibility index (Phi) is 4.10. The van der Waals surface area contributed by atoms with E-state index in [1.54, 1.807) is 0 Å². The highest BCUT2D eigenvalue weighted by Gasteiger charge is 2.18. The van der Waals surface area contributed by atoms with Crippen LogP contribution < -0.4 is 11.1 Å². The molecule has 0 bridgehead atoms. The smallest absolute Gasteiger partial charge is 0.343 e. The third kappa shape index (κ3) is 3.00. The van der Waals surface area contributed by atoms with Crippen LogP contribution in [0.4, 0.5) is 17.2 Å². The van der Waals surface area contributed by atoms with Crippen molar-refractivity contribution in [1.29, 1.82) is 0 Å². The van der Waals surface area contributed by atoms with Gasteiger partial charge in [0.05, 0.1) is 12.8 Å². The number of nitrogens with one attached hydrogen (secondary N) is 1. The number of ether oxygens (including phenoxy) is 1. The quantitative estimate of drug-likeness (QED) is 0.671. The van der Waals surface area contributed by atoms with Gasteiger partial charge in [-0.15, -0.1) is 0 Å². The summed E-state index contributed by atoms with van der Waals surface area (Å²) in [6.07, 6.45) is 0. The number of aryl methyl sites for hydroxylation is 1. The van der Waals surface area contributed by atoms with Crippen LogP contribution >= 0.6 is 11.6 Å². The highest BCUT2D eigenvalue weighted by atomic mass is 35.5. The largest absolute Gasteiger partial charge is 0.465 e. The third-order valence-corrected chi connectivity index (χ3v) is 2.88. The molecule has 0 unspecified atom stereocenters. The van der Waals surface area contributed by atoms with Gasteiger partial charge >= 0.3 is 5.97 Å². The van der Waals surface area contributed by atoms with Gasteiger partial charge in [-0.3, -0.25) is 0 Å². The number of pyridine rings is 1. The maximum atomic E-state index is 11.8. The molecule has 5 nitrogen and oxygen atoms in total. The van der Waals surface area contributed by atoms with Crippen LogP contribution in [0.25, 0.3) is 0 Å². The maximum Gasteiger partial charge on any atom is 0.343 e. The van der Waals surface area contributed by atoms with Gasteiger partial charge < -0.3 is 15.8 Å². The lowest BCUT2D eigenvalue weighted by Gasteiger charge is -2.12. The molecule has 0 saturated carbocycles. The lowest BCUT2D eigenvalue weighted by Crippen LogP contribution is -2.11. The van der Waals surface area contributed by atoms with Crippen molar-refractivity contribution in [2.45, 2.75) is 6.92 Å². The summed E-state index contributed by atoms with van der Waals surface area (Å²) >= 11 is 5.88. The van der Waals surface area contributed by atoms with Crippen molar-refractivity contribution in [1.82, 2.24) is 4.98 Å². The molecule has 1 heterocycles. The summed E-state index contributed by atoms with van der Waals surface area (Å²) in [6, 6.07) is 9.04. The number of nitrogens with two attached hydrogens (primary N) is 1. The minimum absolute atomic E-state index is 0.165. The van der Waals surface area contributed by atoms with E-state index in [0.29, 0.717) is 0 Å². The van der Waals surface area contributed by atoms with Gasteiger partial charge in [0.25, 0.3) is 0 Å². The lowest BCUT2D eigenvalue weighted by molar-refractivity contribution is 0.0603. The van der Waals surface area contributed by atoms with Crippen molar-refractivity contribution in [3.05, 3.63) is 46.6 Å². The van der Waals surface area contributed by atoms with Gasteiger partial charge in [-0.1, -0.05) is 23.7 Å². The second-order valence-electron chi connectivity index (χ2n) is 4.24. The Hall–Kier alpha value is -2.27. The number of carbonyl (C=O) groups excluding carboxylic acids is 1. The van der Waals surface area contributed by atoms with E-state index in [1.807, 2.05) is 31.2 Å². The first-order chi connectivity index (χ1) is 9.51. The van der Waals surface area contributed by atoms with Crippen LogP contribution in [0.15, 0.2) is 30.3 Å². The molecule has 0 amide bonds. The molecule has 0 radical (unpaired) electrons. The molecule has 20 heavy (non-hydrogen) atoms. The molecule has 0 aliphatic heterocycles. The van der Waals surface area contributed by atoms with E-state index in [9.17, 15) is 4.79 Å². The first-order valence-electron chi connectivity index (χ1n) is 5.89. The summed E-state index contributed by atoms with van der Waals surface area (Å²) in [6.45, 7) is 1.96. The van der Waals surface area contributed by atoms with Gasteiger partial charge in [-0.25, -0.2) is 9.78 Å². The van der Waals surface area contributed by atoms with E-state index in [2.05, 4.69) is 10.3 Å². The fourth-order valence-electron chi connectivity index (χ4n) is 1.80. The zero-order valence-electron chi connectivity index (χ0n) is 11.1. The topological polar surface area (TPSA) is 77.2 Å². The van der Waals surface area contributed by atoms with Crippen LogP contribution in [0.5, 0.6) is 0 Å². The number of aromatic nitrogens is 1. The molecule has 0 saturated heterocycles. The predicted octanol–water partition coefficient (Wildman–Crippen LogP) is 3.16. The molecule has 0 aliphatic carbocycles. The summed E-state index contributed by atoms with van der Waals surface area (Å²) in [7, 11) is 1.28. The van der Waals surface area contributed by atoms with Gasteiger partial charge in [-0.05, 0) is 30.7 Å². The van der Waals surface area contributed by atoms with Gasteiger partial charge in [0.2, 0.25) is 0 Å². The summed E-state index contributed by atoms with van der Waals surface area (Å²) in [4.78, 5) is 15.9. The van der Waals surface area contributed by atoms with Gasteiger partial charge in [0, 0.05) is 5.69 Å². The van der Waals surface area contributed by atoms with Crippen LogP contribution in [-0.4, -0.2) is 18.1 Å². The third-order valence-electron chi connectivity index (χ3n) is 2.69. The fraction of sp³-hybridized carbons (Fsp3) is 0.143. The normalized spacial score (nSPS) is 10.2. The molecular weight excluding hydrogens is 278 g/mol. The minimum Gasteiger partial charge on any atom is -0.465 e. The number of nitrogens with zero attached hydrogens (tertiary/aromatic N) is 1. The van der Waals surface area contributed by atoms with Crippen LogP contribution in [0.2, 0.25) is 5.15 Å². The number of hydrogen-bond acceptors (Lipinski definition) is 5. The minimum atomic E-state index is -0.568. The van der Waals surface area contributed by atoms with Crippen molar-refractivity contribution in [2.24, 2.45) is 0 Å². The Labute approximate surface area is 121 Å². The predicted molar refractivity (Wildman–Crippen MR) is 79.5 cm³/mol. The van der Waals surface area contributed by atoms with Crippen LogP contribution in [-0.2, 0) is 4.74 Å². The van der Waals surface area contributed by atoms with Crippen molar-refractivity contribution in [3.63, 3.8) is 0 Å². The Morgan fingerprint density at radius 3 is 2.80 bits per heavy atom. The van der Waals surface area contributed by atoms with Crippen LogP contribution in [0.3, 0.4) is 0 Å². The SMILES string of the molecule is COC(=O)c1c(N)cc(Cl)nc1Nc1cccc(C)c1. The molecule has 0 fully saturated rings. The highest BCUT2D eigenvalue weighted by Crippen LogP contribution is 2.27. The molecule has 2 aromatic rings. The molecule has 6 heteroatoms. The maximum absolute atomic E-state index is 11.8. The Balaban J connectivity index is 2.47. The fourth-order valence-corrected chi connectivity index (χ4v) is 2.00. The first kappa shape index (κ1) is 14.1. The molecule has 1 aromatic carbocycles. The van der Waals surface area contributed by atoms with E-state index in [1.165, 1.54) is 13.2 Å². The molecule has 0 spiro atoms. The number of nitrogen functional groups attached to an aromatic ring is 1. The Morgan fingerprint density at radius 1 is 1.40 bits per heavy atom. The molecule has 104 valence electrons. The van der Waals surface area contributed by atoms with Crippen LogP contribution in [0, 0.1) is 6.92 Å². The number of rotatable bonds is 3. The lowest BCUT2D eigenvalue weighted by atomic mass is 10.2. The van der Waals surface area contributed by atoms with Crippen molar-refractivity contribution in [3.8, 4) is 0 Å². The molecule has 1 aromatic heterocycles. The van der Waals surface area contributed by atoms with Gasteiger partial charge in [0.1, 0.15) is 16.5 Å². The van der Waals surface area contributed by atoms with Crippen molar-refractivity contribution >= 4 is 34.8 Å². The number of carbonyl (C=O) groups is 1. The number of esters is 1. The summed E-state index contributed by atoms with van der Waals surface area (Å²) in [5, 5.41) is 3.23. The van der Waals surface area contributed by atoms with Gasteiger partial charge in [0.15, 0.2) is 0 Å². The molecular formula is C14H14ClN3O2. The van der Waals surface area contributed by atoms with E-state index >= 15 is 0 Å². The van der Waals surface area contributed by atoms with E-state index in [-0.39, 0.29) is 22.2 Å². The van der Waals surface area contributed by atoms with E-state index in [0.717, 1.165) is 11.3 Å². The molecule has 2 rings (SSSR count). The van der Waals surface area contributed by atoms with Gasteiger partial charge in [-0.2, -0.15) is 0 Å².